The fourth-order valence-corrected chi connectivity index (χ4v) is 2.91. The van der Waals surface area contributed by atoms with Crippen molar-refractivity contribution in [2.24, 2.45) is 0 Å². The van der Waals surface area contributed by atoms with Crippen LogP contribution in [0.5, 0.6) is 0 Å². The van der Waals surface area contributed by atoms with E-state index in [1.54, 1.807) is 7.11 Å². The number of ether oxygens (including phenoxy) is 2. The molecular weight excluding hydrogens is 306 g/mol. The Labute approximate surface area is 136 Å². The SMILES string of the molecule is CCCCCC[N+](C)(CCCS(=O)(=O)O)CCOCCOC. The molecule has 0 aliphatic heterocycles. The normalized spacial score (nSPS) is 14.9. The van der Waals surface area contributed by atoms with Crippen LogP contribution >= 0.6 is 0 Å². The van der Waals surface area contributed by atoms with Crippen molar-refractivity contribution in [1.29, 1.82) is 0 Å². The van der Waals surface area contributed by atoms with Gasteiger partial charge in [-0.25, -0.2) is 0 Å². The fourth-order valence-electron chi connectivity index (χ4n) is 2.41. The van der Waals surface area contributed by atoms with Gasteiger partial charge in [-0.1, -0.05) is 19.8 Å². The quantitative estimate of drug-likeness (QED) is 0.280. The molecule has 0 aromatic rings. The highest BCUT2D eigenvalue weighted by Gasteiger charge is 2.21. The van der Waals surface area contributed by atoms with Gasteiger partial charge in [-0.3, -0.25) is 4.55 Å². The molecule has 0 heterocycles. The van der Waals surface area contributed by atoms with Gasteiger partial charge < -0.3 is 14.0 Å². The standard InChI is InChI=1S/C15H33NO5S/c1-4-5-6-7-9-16(2,10-8-15-22(17,18)19)11-12-21-14-13-20-3/h4-15H2,1-3H3/p+1. The van der Waals surface area contributed by atoms with Gasteiger partial charge in [0, 0.05) is 13.5 Å². The van der Waals surface area contributed by atoms with Crippen molar-refractivity contribution < 1.29 is 26.9 Å². The molecule has 134 valence electrons. The molecule has 0 saturated heterocycles. The van der Waals surface area contributed by atoms with Crippen LogP contribution in [0.25, 0.3) is 0 Å². The zero-order valence-corrected chi connectivity index (χ0v) is 15.2. The van der Waals surface area contributed by atoms with E-state index in [4.69, 9.17) is 14.0 Å². The average molecular weight is 341 g/mol. The Morgan fingerprint density at radius 2 is 1.64 bits per heavy atom. The lowest BCUT2D eigenvalue weighted by atomic mass is 10.2. The second kappa shape index (κ2) is 12.2. The Kier molecular flexibility index (Phi) is 12.1. The molecule has 0 aliphatic carbocycles. The highest BCUT2D eigenvalue weighted by atomic mass is 32.2. The van der Waals surface area contributed by atoms with Crippen LogP contribution < -0.4 is 0 Å². The van der Waals surface area contributed by atoms with Crippen molar-refractivity contribution >= 4 is 10.1 Å². The molecule has 1 atom stereocenters. The van der Waals surface area contributed by atoms with E-state index in [2.05, 4.69) is 14.0 Å². The number of hydrogen-bond acceptors (Lipinski definition) is 4. The Hall–Kier alpha value is -0.210. The maximum Gasteiger partial charge on any atom is 0.265 e. The number of methoxy groups -OCH3 is 1. The Balaban J connectivity index is 4.21. The van der Waals surface area contributed by atoms with Crippen molar-refractivity contribution in [3.05, 3.63) is 0 Å². The molecule has 0 radical (unpaired) electrons. The van der Waals surface area contributed by atoms with Crippen molar-refractivity contribution in [1.82, 2.24) is 0 Å². The summed E-state index contributed by atoms with van der Waals surface area (Å²) in [7, 11) is -0.0860. The molecule has 0 aromatic heterocycles. The van der Waals surface area contributed by atoms with Crippen molar-refractivity contribution in [2.75, 3.05) is 59.4 Å². The molecule has 1 unspecified atom stereocenters. The lowest BCUT2D eigenvalue weighted by molar-refractivity contribution is -0.910. The first kappa shape index (κ1) is 21.8. The monoisotopic (exact) mass is 340 g/mol. The highest BCUT2D eigenvalue weighted by molar-refractivity contribution is 7.85. The first-order valence-electron chi connectivity index (χ1n) is 8.18. The summed E-state index contributed by atoms with van der Waals surface area (Å²) >= 11 is 0. The van der Waals surface area contributed by atoms with Crippen LogP contribution in [0.15, 0.2) is 0 Å². The van der Waals surface area contributed by atoms with E-state index in [0.29, 0.717) is 26.2 Å². The van der Waals surface area contributed by atoms with Gasteiger partial charge in [0.1, 0.15) is 6.54 Å². The Morgan fingerprint density at radius 3 is 2.23 bits per heavy atom. The fraction of sp³-hybridized carbons (Fsp3) is 1.00. The van der Waals surface area contributed by atoms with E-state index in [0.717, 1.165) is 30.5 Å². The molecule has 0 amide bonds. The van der Waals surface area contributed by atoms with Gasteiger partial charge in [0.25, 0.3) is 10.1 Å². The van der Waals surface area contributed by atoms with E-state index in [-0.39, 0.29) is 5.75 Å². The Bertz CT molecular complexity index is 361. The summed E-state index contributed by atoms with van der Waals surface area (Å²) in [5.41, 5.74) is 0. The molecule has 0 aliphatic rings. The predicted octanol–water partition coefficient (Wildman–Crippen LogP) is 1.95. The third-order valence-electron chi connectivity index (χ3n) is 3.86. The predicted molar refractivity (Wildman–Crippen MR) is 88.7 cm³/mol. The van der Waals surface area contributed by atoms with Gasteiger partial charge >= 0.3 is 0 Å². The molecule has 0 aromatic carbocycles. The molecule has 22 heavy (non-hydrogen) atoms. The minimum atomic E-state index is -3.87. The smallest absolute Gasteiger partial charge is 0.265 e. The van der Waals surface area contributed by atoms with Crippen LogP contribution in [-0.2, 0) is 19.6 Å². The summed E-state index contributed by atoms with van der Waals surface area (Å²) in [6.45, 7) is 6.59. The third kappa shape index (κ3) is 13.5. The molecule has 1 N–H and O–H groups in total. The van der Waals surface area contributed by atoms with Crippen molar-refractivity contribution in [3.8, 4) is 0 Å². The maximum absolute atomic E-state index is 10.9. The van der Waals surface area contributed by atoms with Crippen LogP contribution in [0.2, 0.25) is 0 Å². The number of nitrogens with zero attached hydrogens (tertiary/aromatic N) is 1. The summed E-state index contributed by atoms with van der Waals surface area (Å²) in [6, 6.07) is 0. The van der Waals surface area contributed by atoms with E-state index in [1.807, 2.05) is 0 Å². The third-order valence-corrected chi connectivity index (χ3v) is 4.66. The van der Waals surface area contributed by atoms with Crippen LogP contribution in [0.4, 0.5) is 0 Å². The lowest BCUT2D eigenvalue weighted by Crippen LogP contribution is -2.48. The number of rotatable bonds is 15. The first-order valence-corrected chi connectivity index (χ1v) is 9.79. The summed E-state index contributed by atoms with van der Waals surface area (Å²) in [4.78, 5) is 0. The van der Waals surface area contributed by atoms with Gasteiger partial charge in [-0.05, 0) is 12.8 Å². The van der Waals surface area contributed by atoms with Gasteiger partial charge in [0.15, 0.2) is 0 Å². The van der Waals surface area contributed by atoms with Gasteiger partial charge in [-0.2, -0.15) is 8.42 Å². The van der Waals surface area contributed by atoms with E-state index < -0.39 is 10.1 Å². The number of unbranched alkanes of at least 4 members (excludes halogenated alkanes) is 3. The van der Waals surface area contributed by atoms with Crippen LogP contribution in [-0.4, -0.2) is 76.8 Å². The summed E-state index contributed by atoms with van der Waals surface area (Å²) in [5, 5.41) is 0. The molecule has 0 rings (SSSR count). The van der Waals surface area contributed by atoms with Gasteiger partial charge in [0.05, 0.1) is 45.7 Å². The van der Waals surface area contributed by atoms with Gasteiger partial charge in [-0.15, -0.1) is 0 Å². The summed E-state index contributed by atoms with van der Waals surface area (Å²) in [5.74, 6) is -0.166. The number of hydrogen-bond donors (Lipinski definition) is 1. The van der Waals surface area contributed by atoms with Crippen LogP contribution in [0.1, 0.15) is 39.0 Å². The van der Waals surface area contributed by atoms with E-state index >= 15 is 0 Å². The topological polar surface area (TPSA) is 72.8 Å². The zero-order chi connectivity index (χ0) is 16.9. The molecule has 7 heteroatoms. The molecule has 0 saturated carbocycles. The molecule has 0 spiro atoms. The first-order chi connectivity index (χ1) is 10.3. The highest BCUT2D eigenvalue weighted by Crippen LogP contribution is 2.10. The average Bonchev–Trinajstić information content (AvgIpc) is 2.42. The number of quaternary nitrogens is 1. The maximum atomic E-state index is 10.9. The second-order valence-corrected chi connectivity index (χ2v) is 7.67. The zero-order valence-electron chi connectivity index (χ0n) is 14.4. The largest absolute Gasteiger partial charge is 0.382 e. The summed E-state index contributed by atoms with van der Waals surface area (Å²) in [6.07, 6.45) is 5.24. The minimum Gasteiger partial charge on any atom is -0.382 e. The summed E-state index contributed by atoms with van der Waals surface area (Å²) < 4.78 is 41.8. The van der Waals surface area contributed by atoms with Crippen LogP contribution in [0.3, 0.4) is 0 Å². The lowest BCUT2D eigenvalue weighted by Gasteiger charge is -2.34. The molecule has 0 fully saturated rings. The van der Waals surface area contributed by atoms with Crippen molar-refractivity contribution in [3.63, 3.8) is 0 Å². The molecule has 0 bridgehead atoms. The minimum absolute atomic E-state index is 0.166. The van der Waals surface area contributed by atoms with E-state index in [9.17, 15) is 8.42 Å². The Morgan fingerprint density at radius 1 is 0.955 bits per heavy atom. The molecule has 6 nitrogen and oxygen atoms in total. The molecular formula is C15H34NO5S+. The van der Waals surface area contributed by atoms with Crippen LogP contribution in [0, 0.1) is 0 Å². The number of likely N-dealkylation sites (N-methyl/N-ethyl adjacent to an activating group) is 1. The van der Waals surface area contributed by atoms with E-state index in [1.165, 1.54) is 19.3 Å². The second-order valence-electron chi connectivity index (χ2n) is 6.10. The van der Waals surface area contributed by atoms with Crippen molar-refractivity contribution in [2.45, 2.75) is 39.0 Å². The van der Waals surface area contributed by atoms with Gasteiger partial charge in [0.2, 0.25) is 0 Å².